The van der Waals surface area contributed by atoms with Crippen molar-refractivity contribution < 1.29 is 4.74 Å². The molecule has 1 heterocycles. The number of ether oxygens (including phenoxy) is 1. The van der Waals surface area contributed by atoms with Crippen molar-refractivity contribution in [3.8, 4) is 5.75 Å². The molecule has 0 aliphatic carbocycles. The highest BCUT2D eigenvalue weighted by Gasteiger charge is 2.09. The highest BCUT2D eigenvalue weighted by molar-refractivity contribution is 7.18. The van der Waals surface area contributed by atoms with Gasteiger partial charge in [-0.15, -0.1) is 11.3 Å². The Kier molecular flexibility index (Phi) is 2.06. The molecule has 4 heteroatoms. The Morgan fingerprint density at radius 1 is 1.46 bits per heavy atom. The first kappa shape index (κ1) is 8.66. The minimum Gasteiger partial charge on any atom is -0.495 e. The molecular weight excluding hydrogens is 206 g/mol. The summed E-state index contributed by atoms with van der Waals surface area (Å²) in [4.78, 5) is 0. The number of anilines is 1. The Balaban J connectivity index is 2.83. The first-order chi connectivity index (χ1) is 6.24. The van der Waals surface area contributed by atoms with E-state index in [0.29, 0.717) is 16.5 Å². The van der Waals surface area contributed by atoms with Crippen LogP contribution >= 0.6 is 22.9 Å². The van der Waals surface area contributed by atoms with Crippen molar-refractivity contribution in [3.63, 3.8) is 0 Å². The highest BCUT2D eigenvalue weighted by Crippen LogP contribution is 2.38. The number of benzene rings is 1. The van der Waals surface area contributed by atoms with Crippen LogP contribution in [0.3, 0.4) is 0 Å². The van der Waals surface area contributed by atoms with Crippen LogP contribution in [0, 0.1) is 0 Å². The van der Waals surface area contributed by atoms with Crippen LogP contribution in [-0.2, 0) is 0 Å². The lowest BCUT2D eigenvalue weighted by molar-refractivity contribution is 0.417. The molecule has 0 radical (unpaired) electrons. The zero-order valence-corrected chi connectivity index (χ0v) is 8.58. The molecule has 1 aromatic carbocycles. The summed E-state index contributed by atoms with van der Waals surface area (Å²) in [5.41, 5.74) is 6.49. The van der Waals surface area contributed by atoms with E-state index in [-0.39, 0.29) is 0 Å². The number of halogens is 1. The van der Waals surface area contributed by atoms with Crippen LogP contribution in [0.25, 0.3) is 10.1 Å². The van der Waals surface area contributed by atoms with Crippen LogP contribution in [0.15, 0.2) is 17.5 Å². The van der Waals surface area contributed by atoms with Crippen molar-refractivity contribution in [2.45, 2.75) is 0 Å². The molecule has 0 saturated heterocycles. The fourth-order valence-corrected chi connectivity index (χ4v) is 2.50. The quantitative estimate of drug-likeness (QED) is 0.739. The molecule has 1 aromatic heterocycles. The second-order valence-electron chi connectivity index (χ2n) is 2.64. The Bertz CT molecular complexity index is 452. The van der Waals surface area contributed by atoms with Gasteiger partial charge in [0.2, 0.25) is 0 Å². The van der Waals surface area contributed by atoms with Crippen LogP contribution in [0.2, 0.25) is 5.02 Å². The van der Waals surface area contributed by atoms with E-state index in [9.17, 15) is 0 Å². The first-order valence-corrected chi connectivity index (χ1v) is 4.99. The first-order valence-electron chi connectivity index (χ1n) is 3.73. The van der Waals surface area contributed by atoms with Crippen molar-refractivity contribution in [1.29, 1.82) is 0 Å². The molecule has 0 aliphatic rings. The lowest BCUT2D eigenvalue weighted by Gasteiger charge is -2.04. The largest absolute Gasteiger partial charge is 0.495 e. The number of hydrogen-bond donors (Lipinski definition) is 1. The number of methoxy groups -OCH3 is 1. The summed E-state index contributed by atoms with van der Waals surface area (Å²) in [5.74, 6) is 0.674. The van der Waals surface area contributed by atoms with E-state index < -0.39 is 0 Å². The van der Waals surface area contributed by atoms with Crippen molar-refractivity contribution in [3.05, 3.63) is 22.5 Å². The molecule has 2 nitrogen and oxygen atoms in total. The Hall–Kier alpha value is -0.930. The maximum absolute atomic E-state index is 5.98. The van der Waals surface area contributed by atoms with Gasteiger partial charge in [-0.05, 0) is 12.1 Å². The molecule has 2 rings (SSSR count). The molecule has 0 atom stereocenters. The van der Waals surface area contributed by atoms with Gasteiger partial charge >= 0.3 is 0 Å². The van der Waals surface area contributed by atoms with E-state index in [0.717, 1.165) is 10.1 Å². The molecule has 0 bridgehead atoms. The topological polar surface area (TPSA) is 35.2 Å². The number of rotatable bonds is 1. The van der Waals surface area contributed by atoms with Gasteiger partial charge in [-0.1, -0.05) is 11.6 Å². The molecule has 0 aliphatic heterocycles. The lowest BCUT2D eigenvalue weighted by Crippen LogP contribution is -1.92. The van der Waals surface area contributed by atoms with Gasteiger partial charge < -0.3 is 10.5 Å². The second kappa shape index (κ2) is 3.09. The van der Waals surface area contributed by atoms with Crippen molar-refractivity contribution in [2.24, 2.45) is 0 Å². The van der Waals surface area contributed by atoms with Crippen molar-refractivity contribution in [1.82, 2.24) is 0 Å². The molecular formula is C9H8ClNOS. The summed E-state index contributed by atoms with van der Waals surface area (Å²) in [6.45, 7) is 0. The summed E-state index contributed by atoms with van der Waals surface area (Å²) in [7, 11) is 1.60. The Labute approximate surface area is 84.9 Å². The molecule has 0 amide bonds. The van der Waals surface area contributed by atoms with Gasteiger partial charge in [-0.25, -0.2) is 0 Å². The molecule has 0 fully saturated rings. The number of nitrogens with two attached hydrogens (primary N) is 1. The van der Waals surface area contributed by atoms with E-state index in [4.69, 9.17) is 22.1 Å². The van der Waals surface area contributed by atoms with E-state index in [1.54, 1.807) is 18.4 Å². The Morgan fingerprint density at radius 2 is 2.23 bits per heavy atom. The molecule has 2 N–H and O–H groups in total. The zero-order chi connectivity index (χ0) is 9.42. The van der Waals surface area contributed by atoms with Crippen LogP contribution in [0.5, 0.6) is 5.75 Å². The third kappa shape index (κ3) is 1.24. The minimum atomic E-state index is 0.617. The summed E-state index contributed by atoms with van der Waals surface area (Å²) in [6, 6.07) is 3.81. The van der Waals surface area contributed by atoms with E-state index in [1.165, 1.54) is 0 Å². The standard InChI is InChI=1S/C9H8ClNOS/c1-12-6-2-3-7-8(9(6)11)5(10)4-13-7/h2-4H,11H2,1H3. The zero-order valence-electron chi connectivity index (χ0n) is 7.00. The van der Waals surface area contributed by atoms with Gasteiger partial charge in [0.25, 0.3) is 0 Å². The third-order valence-corrected chi connectivity index (χ3v) is 3.29. The number of hydrogen-bond acceptors (Lipinski definition) is 3. The van der Waals surface area contributed by atoms with Gasteiger partial charge in [-0.2, -0.15) is 0 Å². The van der Waals surface area contributed by atoms with Crippen LogP contribution in [-0.4, -0.2) is 7.11 Å². The van der Waals surface area contributed by atoms with Crippen LogP contribution in [0.4, 0.5) is 5.69 Å². The molecule has 13 heavy (non-hydrogen) atoms. The molecule has 0 unspecified atom stereocenters. The summed E-state index contributed by atoms with van der Waals surface area (Å²) in [6.07, 6.45) is 0. The van der Waals surface area contributed by atoms with Crippen molar-refractivity contribution >= 4 is 38.7 Å². The number of fused-ring (bicyclic) bond motifs is 1. The normalized spacial score (nSPS) is 10.6. The van der Waals surface area contributed by atoms with E-state index >= 15 is 0 Å². The second-order valence-corrected chi connectivity index (χ2v) is 3.96. The van der Waals surface area contributed by atoms with Gasteiger partial charge in [0.05, 0.1) is 17.8 Å². The minimum absolute atomic E-state index is 0.617. The number of nitrogen functional groups attached to an aromatic ring is 1. The average molecular weight is 214 g/mol. The van der Waals surface area contributed by atoms with Crippen molar-refractivity contribution in [2.75, 3.05) is 12.8 Å². The summed E-state index contributed by atoms with van der Waals surface area (Å²) in [5, 5.41) is 3.46. The van der Waals surface area contributed by atoms with Gasteiger partial charge in [-0.3, -0.25) is 0 Å². The fraction of sp³-hybridized carbons (Fsp3) is 0.111. The van der Waals surface area contributed by atoms with Gasteiger partial charge in [0.1, 0.15) is 5.75 Å². The average Bonchev–Trinajstić information content (AvgIpc) is 2.49. The smallest absolute Gasteiger partial charge is 0.142 e. The Morgan fingerprint density at radius 3 is 2.92 bits per heavy atom. The molecule has 0 saturated carbocycles. The maximum atomic E-state index is 5.98. The predicted octanol–water partition coefficient (Wildman–Crippen LogP) is 3.15. The number of thiophene rings is 1. The fourth-order valence-electron chi connectivity index (χ4n) is 1.28. The van der Waals surface area contributed by atoms with Crippen LogP contribution in [0.1, 0.15) is 0 Å². The molecule has 68 valence electrons. The van der Waals surface area contributed by atoms with E-state index in [1.807, 2.05) is 17.5 Å². The summed E-state index contributed by atoms with van der Waals surface area (Å²) >= 11 is 7.56. The maximum Gasteiger partial charge on any atom is 0.142 e. The molecule has 2 aromatic rings. The molecule has 0 spiro atoms. The highest BCUT2D eigenvalue weighted by atomic mass is 35.5. The summed E-state index contributed by atoms with van der Waals surface area (Å²) < 4.78 is 6.18. The predicted molar refractivity (Wildman–Crippen MR) is 57.8 cm³/mol. The van der Waals surface area contributed by atoms with Gasteiger partial charge in [0, 0.05) is 15.5 Å². The monoisotopic (exact) mass is 213 g/mol. The SMILES string of the molecule is COc1ccc2scc(Cl)c2c1N. The lowest BCUT2D eigenvalue weighted by atomic mass is 10.2. The third-order valence-electron chi connectivity index (χ3n) is 1.92. The van der Waals surface area contributed by atoms with Gasteiger partial charge in [0.15, 0.2) is 0 Å². The van der Waals surface area contributed by atoms with Crippen LogP contribution < -0.4 is 10.5 Å². The van der Waals surface area contributed by atoms with E-state index in [2.05, 4.69) is 0 Å².